The Bertz CT molecular complexity index is 481. The molecule has 1 unspecified atom stereocenters. The summed E-state index contributed by atoms with van der Waals surface area (Å²) >= 11 is 0. The highest BCUT2D eigenvalue weighted by molar-refractivity contribution is 5.88. The fourth-order valence-corrected chi connectivity index (χ4v) is 1.81. The van der Waals surface area contributed by atoms with Gasteiger partial charge in [0.1, 0.15) is 5.78 Å². The van der Waals surface area contributed by atoms with Crippen LogP contribution in [-0.4, -0.2) is 33.0 Å². The van der Waals surface area contributed by atoms with Crippen molar-refractivity contribution in [3.05, 3.63) is 30.9 Å². The normalized spacial score (nSPS) is 13.6. The monoisotopic (exact) mass is 266 g/mol. The van der Waals surface area contributed by atoms with E-state index in [1.807, 2.05) is 0 Å². The van der Waals surface area contributed by atoms with Crippen molar-refractivity contribution in [1.29, 1.82) is 0 Å². The number of ether oxygens (including phenoxy) is 1. The molecular weight excluding hydrogens is 248 g/mol. The van der Waals surface area contributed by atoms with Gasteiger partial charge in [-0.25, -0.2) is 9.78 Å². The van der Waals surface area contributed by atoms with Gasteiger partial charge in [-0.15, -0.1) is 6.58 Å². The molecule has 0 amide bonds. The van der Waals surface area contributed by atoms with Crippen LogP contribution < -0.4 is 0 Å². The Labute approximate surface area is 111 Å². The van der Waals surface area contributed by atoms with Crippen molar-refractivity contribution in [3.8, 4) is 0 Å². The molecule has 0 aliphatic carbocycles. The fraction of sp³-hybridized carbons (Fsp3) is 0.462. The molecule has 6 nitrogen and oxygen atoms in total. The first-order valence-electron chi connectivity index (χ1n) is 5.97. The molecule has 0 bridgehead atoms. The molecule has 6 heteroatoms. The van der Waals surface area contributed by atoms with E-state index in [-0.39, 0.29) is 24.6 Å². The van der Waals surface area contributed by atoms with Crippen molar-refractivity contribution >= 4 is 11.8 Å². The van der Waals surface area contributed by atoms with Gasteiger partial charge in [0.15, 0.2) is 5.82 Å². The Morgan fingerprint density at radius 1 is 1.63 bits per heavy atom. The highest BCUT2D eigenvalue weighted by atomic mass is 16.5. The summed E-state index contributed by atoms with van der Waals surface area (Å²) in [6, 6.07) is 0. The number of aliphatic hydroxyl groups is 1. The first-order chi connectivity index (χ1) is 8.95. The highest BCUT2D eigenvalue weighted by Crippen LogP contribution is 2.26. The summed E-state index contributed by atoms with van der Waals surface area (Å²) in [4.78, 5) is 27.2. The number of carbonyl (C=O) groups excluding carboxylic acids is 2. The molecule has 0 aliphatic rings. The van der Waals surface area contributed by atoms with Crippen LogP contribution in [0.15, 0.2) is 25.0 Å². The molecule has 0 radical (unpaired) electrons. The second kappa shape index (κ2) is 6.29. The minimum atomic E-state index is -2.06. The lowest BCUT2D eigenvalue weighted by atomic mass is 9.96. The number of esters is 1. The second-order valence-corrected chi connectivity index (χ2v) is 4.15. The van der Waals surface area contributed by atoms with Crippen molar-refractivity contribution < 1.29 is 19.4 Å². The first-order valence-corrected chi connectivity index (χ1v) is 5.97. The Morgan fingerprint density at radius 2 is 2.32 bits per heavy atom. The SMILES string of the molecule is C=CCn1ccnc1C(O)(CC(C)=O)C(=O)OCC. The predicted octanol–water partition coefficient (Wildman–Crippen LogP) is 0.799. The lowest BCUT2D eigenvalue weighted by Crippen LogP contribution is -2.41. The van der Waals surface area contributed by atoms with E-state index in [4.69, 9.17) is 4.74 Å². The Balaban J connectivity index is 3.21. The molecule has 1 aromatic heterocycles. The number of hydrogen-bond acceptors (Lipinski definition) is 5. The van der Waals surface area contributed by atoms with Gasteiger partial charge < -0.3 is 14.4 Å². The van der Waals surface area contributed by atoms with E-state index in [1.165, 1.54) is 13.1 Å². The Hall–Kier alpha value is -1.95. The van der Waals surface area contributed by atoms with Gasteiger partial charge in [-0.1, -0.05) is 6.08 Å². The molecule has 1 aromatic rings. The molecule has 1 rings (SSSR count). The van der Waals surface area contributed by atoms with E-state index < -0.39 is 11.6 Å². The lowest BCUT2D eigenvalue weighted by Gasteiger charge is -2.24. The quantitative estimate of drug-likeness (QED) is 0.583. The van der Waals surface area contributed by atoms with Crippen molar-refractivity contribution in [3.63, 3.8) is 0 Å². The zero-order valence-electron chi connectivity index (χ0n) is 11.1. The summed E-state index contributed by atoms with van der Waals surface area (Å²) in [6.07, 6.45) is 4.27. The van der Waals surface area contributed by atoms with Gasteiger partial charge in [-0.3, -0.25) is 4.79 Å². The molecular formula is C13H18N2O4. The van der Waals surface area contributed by atoms with Gasteiger partial charge in [-0.05, 0) is 13.8 Å². The summed E-state index contributed by atoms with van der Waals surface area (Å²) in [6.45, 7) is 6.99. The topological polar surface area (TPSA) is 81.4 Å². The molecule has 1 heterocycles. The van der Waals surface area contributed by atoms with E-state index in [1.54, 1.807) is 23.8 Å². The lowest BCUT2D eigenvalue weighted by molar-refractivity contribution is -0.169. The number of imidazole rings is 1. The number of hydrogen-bond donors (Lipinski definition) is 1. The molecule has 1 atom stereocenters. The third-order valence-electron chi connectivity index (χ3n) is 2.53. The van der Waals surface area contributed by atoms with Crippen LogP contribution in [0.1, 0.15) is 26.1 Å². The number of ketones is 1. The van der Waals surface area contributed by atoms with E-state index in [0.29, 0.717) is 6.54 Å². The van der Waals surface area contributed by atoms with Crippen LogP contribution in [-0.2, 0) is 26.5 Å². The Morgan fingerprint density at radius 3 is 2.84 bits per heavy atom. The van der Waals surface area contributed by atoms with Crippen LogP contribution in [0.5, 0.6) is 0 Å². The largest absolute Gasteiger partial charge is 0.463 e. The molecule has 0 spiro atoms. The van der Waals surface area contributed by atoms with Crippen LogP contribution in [0, 0.1) is 0 Å². The summed E-state index contributed by atoms with van der Waals surface area (Å²) < 4.78 is 6.39. The van der Waals surface area contributed by atoms with Crippen molar-refractivity contribution in [2.75, 3.05) is 6.61 Å². The maximum atomic E-state index is 12.0. The van der Waals surface area contributed by atoms with Crippen LogP contribution in [0.2, 0.25) is 0 Å². The third kappa shape index (κ3) is 3.29. The zero-order chi connectivity index (χ0) is 14.5. The minimum absolute atomic E-state index is 0.0843. The van der Waals surface area contributed by atoms with Crippen LogP contribution in [0.4, 0.5) is 0 Å². The average Bonchev–Trinajstić information content (AvgIpc) is 2.77. The minimum Gasteiger partial charge on any atom is -0.463 e. The van der Waals surface area contributed by atoms with Crippen LogP contribution >= 0.6 is 0 Å². The molecule has 1 N–H and O–H groups in total. The molecule has 104 valence electrons. The number of nitrogens with zero attached hydrogens (tertiary/aromatic N) is 2. The van der Waals surface area contributed by atoms with Crippen molar-refractivity contribution in [1.82, 2.24) is 9.55 Å². The molecule has 0 saturated heterocycles. The molecule has 19 heavy (non-hydrogen) atoms. The zero-order valence-corrected chi connectivity index (χ0v) is 11.1. The van der Waals surface area contributed by atoms with Crippen molar-refractivity contribution in [2.24, 2.45) is 0 Å². The molecule has 0 fully saturated rings. The van der Waals surface area contributed by atoms with Gasteiger partial charge in [-0.2, -0.15) is 0 Å². The summed E-state index contributed by atoms with van der Waals surface area (Å²) in [5, 5.41) is 10.5. The number of aromatic nitrogens is 2. The predicted molar refractivity (Wildman–Crippen MR) is 68.3 cm³/mol. The van der Waals surface area contributed by atoms with Gasteiger partial charge in [0, 0.05) is 18.9 Å². The van der Waals surface area contributed by atoms with Gasteiger partial charge in [0.25, 0.3) is 0 Å². The van der Waals surface area contributed by atoms with Crippen LogP contribution in [0.25, 0.3) is 0 Å². The van der Waals surface area contributed by atoms with Crippen molar-refractivity contribution in [2.45, 2.75) is 32.4 Å². The van der Waals surface area contributed by atoms with E-state index >= 15 is 0 Å². The maximum Gasteiger partial charge on any atom is 0.346 e. The number of carbonyl (C=O) groups is 2. The van der Waals surface area contributed by atoms with Crippen LogP contribution in [0.3, 0.4) is 0 Å². The first kappa shape index (κ1) is 15.1. The number of rotatable bonds is 7. The molecule has 0 aliphatic heterocycles. The summed E-state index contributed by atoms with van der Waals surface area (Å²) in [5.74, 6) is -1.12. The fourth-order valence-electron chi connectivity index (χ4n) is 1.81. The summed E-state index contributed by atoms with van der Waals surface area (Å²) in [7, 11) is 0. The summed E-state index contributed by atoms with van der Waals surface area (Å²) in [5.41, 5.74) is -2.06. The Kier molecular flexibility index (Phi) is 5.00. The number of Topliss-reactive ketones (excluding diaryl/α,β-unsaturated/α-hetero) is 1. The second-order valence-electron chi connectivity index (χ2n) is 4.15. The smallest absolute Gasteiger partial charge is 0.346 e. The molecule has 0 aromatic carbocycles. The maximum absolute atomic E-state index is 12.0. The van der Waals surface area contributed by atoms with E-state index in [2.05, 4.69) is 11.6 Å². The van der Waals surface area contributed by atoms with E-state index in [9.17, 15) is 14.7 Å². The molecule has 0 saturated carbocycles. The van der Waals surface area contributed by atoms with Gasteiger partial charge in [0.2, 0.25) is 5.60 Å². The van der Waals surface area contributed by atoms with Gasteiger partial charge in [0.05, 0.1) is 13.0 Å². The third-order valence-corrected chi connectivity index (χ3v) is 2.53. The highest BCUT2D eigenvalue weighted by Gasteiger charge is 2.44. The number of allylic oxidation sites excluding steroid dienone is 1. The van der Waals surface area contributed by atoms with Gasteiger partial charge >= 0.3 is 5.97 Å². The van der Waals surface area contributed by atoms with E-state index in [0.717, 1.165) is 0 Å². The standard InChI is InChI=1S/C13H18N2O4/c1-4-7-15-8-6-14-11(15)13(18,9-10(3)16)12(17)19-5-2/h4,6,8,18H,1,5,7,9H2,2-3H3. The average molecular weight is 266 g/mol.